The average Bonchev–Trinajstić information content (AvgIpc) is 3.19. The Kier molecular flexibility index (Phi) is 5.30. The van der Waals surface area contributed by atoms with Crippen LogP contribution in [0.1, 0.15) is 28.0 Å². The fraction of sp³-hybridized carbons (Fsp3) is 0.125. The fourth-order valence-corrected chi connectivity index (χ4v) is 3.44. The summed E-state index contributed by atoms with van der Waals surface area (Å²) in [5, 5.41) is 0. The quantitative estimate of drug-likeness (QED) is 0.504. The molecule has 0 bridgehead atoms. The van der Waals surface area contributed by atoms with E-state index in [1.54, 1.807) is 28.6 Å². The topological polar surface area (TPSA) is 57.9 Å². The minimum atomic E-state index is -0.288. The van der Waals surface area contributed by atoms with Crippen molar-refractivity contribution >= 4 is 28.7 Å². The summed E-state index contributed by atoms with van der Waals surface area (Å²) < 4.78 is 1.67. The molecule has 0 radical (unpaired) electrons. The zero-order valence-electron chi connectivity index (χ0n) is 16.9. The number of hydrogen-bond donors (Lipinski definition) is 0. The number of anilines is 2. The normalized spacial score (nSPS) is 10.7. The first kappa shape index (κ1) is 19.4. The first-order valence-corrected chi connectivity index (χ1v) is 9.79. The molecular formula is C24H22N4O2. The summed E-state index contributed by atoms with van der Waals surface area (Å²) in [6.07, 6.45) is 1.75. The Morgan fingerprint density at radius 3 is 2.07 bits per heavy atom. The van der Waals surface area contributed by atoms with Gasteiger partial charge in [0.15, 0.2) is 5.69 Å². The van der Waals surface area contributed by atoms with Gasteiger partial charge in [-0.2, -0.15) is 0 Å². The van der Waals surface area contributed by atoms with Crippen LogP contribution < -0.4 is 9.80 Å². The Balaban J connectivity index is 1.77. The Bertz CT molecular complexity index is 1190. The highest BCUT2D eigenvalue weighted by Crippen LogP contribution is 2.22. The molecule has 0 aliphatic rings. The van der Waals surface area contributed by atoms with Gasteiger partial charge in [0.2, 0.25) is 5.82 Å². The van der Waals surface area contributed by atoms with E-state index in [9.17, 15) is 9.59 Å². The third-order valence-electron chi connectivity index (χ3n) is 5.02. The number of hydrogen-bond acceptors (Lipinski definition) is 3. The van der Waals surface area contributed by atoms with E-state index in [2.05, 4.69) is 4.98 Å². The van der Waals surface area contributed by atoms with Gasteiger partial charge in [-0.3, -0.25) is 14.0 Å². The lowest BCUT2D eigenvalue weighted by atomic mass is 10.2. The highest BCUT2D eigenvalue weighted by Gasteiger charge is 2.27. The Morgan fingerprint density at radius 1 is 0.833 bits per heavy atom. The molecule has 0 spiro atoms. The van der Waals surface area contributed by atoms with Gasteiger partial charge >= 0.3 is 0 Å². The van der Waals surface area contributed by atoms with Crippen LogP contribution in [-0.2, 0) is 0 Å². The van der Waals surface area contributed by atoms with Crippen molar-refractivity contribution in [3.05, 3.63) is 96.6 Å². The van der Waals surface area contributed by atoms with Gasteiger partial charge in [0.25, 0.3) is 11.8 Å². The van der Waals surface area contributed by atoms with E-state index < -0.39 is 0 Å². The molecule has 0 unspecified atom stereocenters. The SMILES string of the molecule is CCN(C(=O)c1nc(C(=O)N(C)c2ccccc2)n2ccccc12)c1ccccc1. The van der Waals surface area contributed by atoms with Gasteiger partial charge in [0.05, 0.1) is 5.52 Å². The number of aromatic nitrogens is 2. The summed E-state index contributed by atoms with van der Waals surface area (Å²) in [4.78, 5) is 34.3. The van der Waals surface area contributed by atoms with Crippen LogP contribution in [0.5, 0.6) is 0 Å². The summed E-state index contributed by atoms with van der Waals surface area (Å²) in [5.74, 6) is -0.331. The monoisotopic (exact) mass is 398 g/mol. The standard InChI is InChI=1S/C24H22N4O2/c1-3-27(19-14-8-5-9-15-19)23(29)21-20-16-10-11-17-28(20)22(25-21)24(30)26(2)18-12-6-4-7-13-18/h4-17H,3H2,1-2H3. The third kappa shape index (κ3) is 3.43. The Hall–Kier alpha value is -3.93. The van der Waals surface area contributed by atoms with Crippen molar-refractivity contribution in [3.8, 4) is 0 Å². The smallest absolute Gasteiger partial charge is 0.294 e. The van der Waals surface area contributed by atoms with Crippen molar-refractivity contribution in [3.63, 3.8) is 0 Å². The molecule has 2 heterocycles. The lowest BCUT2D eigenvalue weighted by Crippen LogP contribution is -2.31. The van der Waals surface area contributed by atoms with Gasteiger partial charge < -0.3 is 9.80 Å². The number of benzene rings is 2. The second-order valence-electron chi connectivity index (χ2n) is 6.82. The summed E-state index contributed by atoms with van der Waals surface area (Å²) >= 11 is 0. The number of fused-ring (bicyclic) bond motifs is 1. The summed E-state index contributed by atoms with van der Waals surface area (Å²) in [6.45, 7) is 2.40. The van der Waals surface area contributed by atoms with Gasteiger partial charge in [-0.1, -0.05) is 42.5 Å². The molecule has 0 saturated heterocycles. The molecule has 0 fully saturated rings. The highest BCUT2D eigenvalue weighted by atomic mass is 16.2. The second kappa shape index (κ2) is 8.21. The van der Waals surface area contributed by atoms with E-state index in [-0.39, 0.29) is 23.3 Å². The van der Waals surface area contributed by atoms with E-state index in [0.717, 1.165) is 11.4 Å². The van der Waals surface area contributed by atoms with Crippen molar-refractivity contribution in [2.24, 2.45) is 0 Å². The van der Waals surface area contributed by atoms with Crippen LogP contribution in [-0.4, -0.2) is 34.8 Å². The Morgan fingerprint density at radius 2 is 1.43 bits per heavy atom. The van der Waals surface area contributed by atoms with E-state index >= 15 is 0 Å². The zero-order chi connectivity index (χ0) is 21.1. The van der Waals surface area contributed by atoms with E-state index in [4.69, 9.17) is 0 Å². The predicted molar refractivity (Wildman–Crippen MR) is 118 cm³/mol. The van der Waals surface area contributed by atoms with Crippen LogP contribution in [0.4, 0.5) is 11.4 Å². The molecule has 0 atom stereocenters. The lowest BCUT2D eigenvalue weighted by Gasteiger charge is -2.20. The number of nitrogens with zero attached hydrogens (tertiary/aromatic N) is 4. The van der Waals surface area contributed by atoms with Crippen LogP contribution in [0, 0.1) is 0 Å². The molecule has 2 amide bonds. The maximum absolute atomic E-state index is 13.4. The summed E-state index contributed by atoms with van der Waals surface area (Å²) in [6, 6.07) is 24.3. The van der Waals surface area contributed by atoms with Gasteiger partial charge in [0.1, 0.15) is 0 Å². The third-order valence-corrected chi connectivity index (χ3v) is 5.02. The molecule has 6 heteroatoms. The van der Waals surface area contributed by atoms with Crippen LogP contribution >= 0.6 is 0 Å². The maximum atomic E-state index is 13.4. The van der Waals surface area contributed by atoms with Crippen molar-refractivity contribution in [2.45, 2.75) is 6.92 Å². The number of carbonyl (C=O) groups is 2. The average molecular weight is 398 g/mol. The molecule has 0 aliphatic carbocycles. The molecule has 2 aromatic carbocycles. The molecule has 0 aliphatic heterocycles. The van der Waals surface area contributed by atoms with E-state index in [1.807, 2.05) is 79.7 Å². The van der Waals surface area contributed by atoms with Crippen LogP contribution in [0.3, 0.4) is 0 Å². The number of amides is 2. The van der Waals surface area contributed by atoms with Gasteiger partial charge in [-0.05, 0) is 43.3 Å². The first-order valence-electron chi connectivity index (χ1n) is 9.79. The van der Waals surface area contributed by atoms with Crippen molar-refractivity contribution < 1.29 is 9.59 Å². The number of rotatable bonds is 5. The number of carbonyl (C=O) groups excluding carboxylic acids is 2. The fourth-order valence-electron chi connectivity index (χ4n) is 3.44. The summed E-state index contributed by atoms with van der Waals surface area (Å²) in [7, 11) is 1.70. The van der Waals surface area contributed by atoms with Gasteiger partial charge in [0, 0.05) is 31.2 Å². The molecule has 30 heavy (non-hydrogen) atoms. The minimum Gasteiger partial charge on any atom is -0.309 e. The predicted octanol–water partition coefficient (Wildman–Crippen LogP) is 4.28. The van der Waals surface area contributed by atoms with Gasteiger partial charge in [-0.25, -0.2) is 4.98 Å². The van der Waals surface area contributed by atoms with Crippen molar-refractivity contribution in [1.82, 2.24) is 9.38 Å². The molecule has 150 valence electrons. The van der Waals surface area contributed by atoms with Crippen LogP contribution in [0.15, 0.2) is 85.1 Å². The van der Waals surface area contributed by atoms with E-state index in [1.165, 1.54) is 4.90 Å². The molecule has 0 saturated carbocycles. The molecule has 4 aromatic rings. The maximum Gasteiger partial charge on any atom is 0.294 e. The first-order chi connectivity index (χ1) is 14.6. The van der Waals surface area contributed by atoms with E-state index in [0.29, 0.717) is 12.1 Å². The summed E-state index contributed by atoms with van der Waals surface area (Å²) in [5.41, 5.74) is 2.40. The van der Waals surface area contributed by atoms with Crippen molar-refractivity contribution in [1.29, 1.82) is 0 Å². The van der Waals surface area contributed by atoms with Crippen molar-refractivity contribution in [2.75, 3.05) is 23.4 Å². The van der Waals surface area contributed by atoms with Crippen LogP contribution in [0.25, 0.3) is 5.52 Å². The molecule has 0 N–H and O–H groups in total. The Labute approximate surface area is 175 Å². The molecular weight excluding hydrogens is 376 g/mol. The number of para-hydroxylation sites is 2. The molecule has 2 aromatic heterocycles. The number of pyridine rings is 1. The lowest BCUT2D eigenvalue weighted by molar-refractivity contribution is 0.0982. The second-order valence-corrected chi connectivity index (χ2v) is 6.82. The molecule has 6 nitrogen and oxygen atoms in total. The largest absolute Gasteiger partial charge is 0.309 e. The number of imidazole rings is 1. The highest BCUT2D eigenvalue weighted by molar-refractivity contribution is 6.11. The van der Waals surface area contributed by atoms with Gasteiger partial charge in [-0.15, -0.1) is 0 Å². The van der Waals surface area contributed by atoms with Crippen LogP contribution in [0.2, 0.25) is 0 Å². The minimum absolute atomic E-state index is 0.199. The zero-order valence-corrected chi connectivity index (χ0v) is 16.9. The molecule has 4 rings (SSSR count).